The van der Waals surface area contributed by atoms with Crippen LogP contribution in [0.5, 0.6) is 0 Å². The lowest BCUT2D eigenvalue weighted by Crippen LogP contribution is -2.28. The van der Waals surface area contributed by atoms with Gasteiger partial charge in [-0.25, -0.2) is 4.68 Å². The van der Waals surface area contributed by atoms with Crippen molar-refractivity contribution in [2.24, 2.45) is 5.92 Å². The number of rotatable bonds is 3. The van der Waals surface area contributed by atoms with Crippen LogP contribution < -0.4 is 0 Å². The highest BCUT2D eigenvalue weighted by molar-refractivity contribution is 6.30. The van der Waals surface area contributed by atoms with E-state index in [-0.39, 0.29) is 5.91 Å². The van der Waals surface area contributed by atoms with Crippen LogP contribution in [0, 0.1) is 5.92 Å². The van der Waals surface area contributed by atoms with Crippen LogP contribution in [0.15, 0.2) is 53.1 Å². The minimum absolute atomic E-state index is 0.0372. The second-order valence-corrected chi connectivity index (χ2v) is 6.86. The van der Waals surface area contributed by atoms with Gasteiger partial charge in [-0.2, -0.15) is 5.10 Å². The van der Waals surface area contributed by atoms with E-state index >= 15 is 0 Å². The molecule has 1 aromatic carbocycles. The molecule has 1 aliphatic heterocycles. The lowest BCUT2D eigenvalue weighted by atomic mass is 10.2. The maximum absolute atomic E-state index is 12.8. The zero-order valence-electron chi connectivity index (χ0n) is 13.9. The summed E-state index contributed by atoms with van der Waals surface area (Å²) in [6.07, 6.45) is 2.65. The molecule has 3 aromatic rings. The number of carbonyl (C=O) groups is 1. The largest absolute Gasteiger partial charge is 0.463 e. The molecule has 1 aliphatic rings. The second-order valence-electron chi connectivity index (χ2n) is 6.43. The Morgan fingerprint density at radius 1 is 1.28 bits per heavy atom. The average molecular weight is 356 g/mol. The third kappa shape index (κ3) is 3.07. The Morgan fingerprint density at radius 3 is 2.72 bits per heavy atom. The van der Waals surface area contributed by atoms with Gasteiger partial charge in [0.25, 0.3) is 5.91 Å². The fourth-order valence-electron chi connectivity index (χ4n) is 3.15. The van der Waals surface area contributed by atoms with E-state index in [1.54, 1.807) is 29.1 Å². The summed E-state index contributed by atoms with van der Waals surface area (Å²) in [6.45, 7) is 3.72. The molecule has 1 saturated heterocycles. The Morgan fingerprint density at radius 2 is 2.08 bits per heavy atom. The fraction of sp³-hybridized carbons (Fsp3) is 0.263. The molecule has 3 heterocycles. The number of halogens is 1. The molecule has 5 nitrogen and oxygen atoms in total. The Hall–Kier alpha value is -2.53. The van der Waals surface area contributed by atoms with E-state index in [1.165, 1.54) is 0 Å². The van der Waals surface area contributed by atoms with Crippen molar-refractivity contribution in [1.82, 2.24) is 14.7 Å². The Balaban J connectivity index is 1.76. The summed E-state index contributed by atoms with van der Waals surface area (Å²) in [5.41, 5.74) is 1.99. The smallest absolute Gasteiger partial charge is 0.274 e. The van der Waals surface area contributed by atoms with Crippen molar-refractivity contribution >= 4 is 17.5 Å². The molecule has 0 aliphatic carbocycles. The molecular formula is C19H18ClN3O2. The second kappa shape index (κ2) is 6.41. The van der Waals surface area contributed by atoms with Crippen LogP contribution in [-0.2, 0) is 0 Å². The van der Waals surface area contributed by atoms with Crippen molar-refractivity contribution in [2.45, 2.75) is 13.3 Å². The summed E-state index contributed by atoms with van der Waals surface area (Å²) in [5.74, 6) is 1.16. The molecule has 25 heavy (non-hydrogen) atoms. The van der Waals surface area contributed by atoms with Crippen molar-refractivity contribution in [1.29, 1.82) is 0 Å². The van der Waals surface area contributed by atoms with Crippen LogP contribution in [0.25, 0.3) is 17.1 Å². The molecule has 0 spiro atoms. The molecule has 1 amide bonds. The number of nitrogens with zero attached hydrogens (tertiary/aromatic N) is 3. The first-order chi connectivity index (χ1) is 12.1. The normalized spacial score (nSPS) is 17.2. The fourth-order valence-corrected chi connectivity index (χ4v) is 3.27. The first kappa shape index (κ1) is 16.0. The number of carbonyl (C=O) groups excluding carboxylic acids is 1. The van der Waals surface area contributed by atoms with Gasteiger partial charge < -0.3 is 9.32 Å². The number of benzene rings is 1. The molecule has 1 atom stereocenters. The summed E-state index contributed by atoms with van der Waals surface area (Å²) >= 11 is 5.98. The summed E-state index contributed by atoms with van der Waals surface area (Å²) in [5, 5.41) is 5.21. The minimum Gasteiger partial charge on any atom is -0.463 e. The van der Waals surface area contributed by atoms with Crippen LogP contribution in [-0.4, -0.2) is 33.7 Å². The highest BCUT2D eigenvalue weighted by Gasteiger charge is 2.27. The summed E-state index contributed by atoms with van der Waals surface area (Å²) in [6, 6.07) is 12.8. The molecule has 6 heteroatoms. The van der Waals surface area contributed by atoms with E-state index in [9.17, 15) is 4.79 Å². The van der Waals surface area contributed by atoms with Crippen molar-refractivity contribution in [2.75, 3.05) is 13.1 Å². The monoisotopic (exact) mass is 355 g/mol. The maximum Gasteiger partial charge on any atom is 0.274 e. The van der Waals surface area contributed by atoms with Gasteiger partial charge >= 0.3 is 0 Å². The third-order valence-corrected chi connectivity index (χ3v) is 4.74. The third-order valence-electron chi connectivity index (χ3n) is 4.48. The van der Waals surface area contributed by atoms with Gasteiger partial charge in [-0.1, -0.05) is 18.5 Å². The van der Waals surface area contributed by atoms with Crippen molar-refractivity contribution < 1.29 is 9.21 Å². The number of hydrogen-bond acceptors (Lipinski definition) is 3. The molecule has 0 saturated carbocycles. The van der Waals surface area contributed by atoms with Gasteiger partial charge in [-0.3, -0.25) is 4.79 Å². The Labute approximate surface area is 150 Å². The van der Waals surface area contributed by atoms with E-state index in [0.717, 1.165) is 30.9 Å². The lowest BCUT2D eigenvalue weighted by molar-refractivity contribution is 0.0782. The molecule has 0 N–H and O–H groups in total. The number of hydrogen-bond donors (Lipinski definition) is 0. The number of likely N-dealkylation sites (tertiary alicyclic amines) is 1. The average Bonchev–Trinajstić information content (AvgIpc) is 3.35. The lowest BCUT2D eigenvalue weighted by Gasteiger charge is -2.13. The van der Waals surface area contributed by atoms with Crippen molar-refractivity contribution in [3.63, 3.8) is 0 Å². The predicted molar refractivity (Wildman–Crippen MR) is 96.0 cm³/mol. The van der Waals surface area contributed by atoms with Gasteiger partial charge in [0.15, 0.2) is 11.5 Å². The van der Waals surface area contributed by atoms with E-state index in [2.05, 4.69) is 12.0 Å². The molecule has 4 rings (SSSR count). The summed E-state index contributed by atoms with van der Waals surface area (Å²) in [7, 11) is 0. The van der Waals surface area contributed by atoms with Crippen LogP contribution in [0.2, 0.25) is 5.02 Å². The highest BCUT2D eigenvalue weighted by Crippen LogP contribution is 2.26. The quantitative estimate of drug-likeness (QED) is 0.705. The number of amides is 1. The van der Waals surface area contributed by atoms with Gasteiger partial charge in [0.05, 0.1) is 12.0 Å². The SMILES string of the molecule is CC1CCN(C(=O)c2cc(-c3ccco3)n(-c3ccc(Cl)cc3)n2)C1. The molecule has 1 unspecified atom stereocenters. The zero-order chi connectivity index (χ0) is 17.4. The van der Waals surface area contributed by atoms with Crippen LogP contribution in [0.3, 0.4) is 0 Å². The van der Waals surface area contributed by atoms with Crippen molar-refractivity contribution in [3.8, 4) is 17.1 Å². The molecule has 1 fully saturated rings. The van der Waals surface area contributed by atoms with Gasteiger partial charge in [0.1, 0.15) is 5.69 Å². The molecular weight excluding hydrogens is 338 g/mol. The molecule has 128 valence electrons. The van der Waals surface area contributed by atoms with E-state index in [0.29, 0.717) is 22.4 Å². The van der Waals surface area contributed by atoms with Gasteiger partial charge in [0.2, 0.25) is 0 Å². The summed E-state index contributed by atoms with van der Waals surface area (Å²) in [4.78, 5) is 14.7. The molecule has 0 bridgehead atoms. The standard InChI is InChI=1S/C19H18ClN3O2/c1-13-8-9-22(12-13)19(24)16-11-17(18-3-2-10-25-18)23(21-16)15-6-4-14(20)5-7-15/h2-7,10-11,13H,8-9,12H2,1H3. The van der Waals surface area contributed by atoms with Crippen LogP contribution in [0.4, 0.5) is 0 Å². The zero-order valence-corrected chi connectivity index (χ0v) is 14.6. The van der Waals surface area contributed by atoms with Crippen LogP contribution >= 0.6 is 11.6 Å². The minimum atomic E-state index is -0.0372. The molecule has 0 radical (unpaired) electrons. The maximum atomic E-state index is 12.8. The van der Waals surface area contributed by atoms with E-state index in [1.807, 2.05) is 29.2 Å². The Kier molecular flexibility index (Phi) is 4.09. The number of furan rings is 1. The van der Waals surface area contributed by atoms with Gasteiger partial charge in [-0.15, -0.1) is 0 Å². The predicted octanol–water partition coefficient (Wildman–Crippen LogP) is 4.27. The Bertz CT molecular complexity index is 884. The first-order valence-electron chi connectivity index (χ1n) is 8.31. The van der Waals surface area contributed by atoms with E-state index < -0.39 is 0 Å². The highest BCUT2D eigenvalue weighted by atomic mass is 35.5. The number of aromatic nitrogens is 2. The molecule has 2 aromatic heterocycles. The van der Waals surface area contributed by atoms with Crippen molar-refractivity contribution in [3.05, 3.63) is 59.4 Å². The van der Waals surface area contributed by atoms with Gasteiger partial charge in [-0.05, 0) is 48.7 Å². The van der Waals surface area contributed by atoms with E-state index in [4.69, 9.17) is 16.0 Å². The topological polar surface area (TPSA) is 51.3 Å². The summed E-state index contributed by atoms with van der Waals surface area (Å²) < 4.78 is 7.25. The first-order valence-corrected chi connectivity index (χ1v) is 8.69. The van der Waals surface area contributed by atoms with Gasteiger partial charge in [0, 0.05) is 24.2 Å². The van der Waals surface area contributed by atoms with Crippen LogP contribution in [0.1, 0.15) is 23.8 Å².